The summed E-state index contributed by atoms with van der Waals surface area (Å²) in [5.41, 5.74) is 9.38. The minimum Gasteiger partial charge on any atom is -0.321 e. The van der Waals surface area contributed by atoms with Crippen LogP contribution in [0.3, 0.4) is 0 Å². The van der Waals surface area contributed by atoms with Gasteiger partial charge in [0.2, 0.25) is 0 Å². The Hall–Kier alpha value is -0.820. The average molecular weight is 245 g/mol. The third kappa shape index (κ3) is 2.47. The number of benzene rings is 1. The second-order valence-corrected chi connectivity index (χ2v) is 6.64. The summed E-state index contributed by atoms with van der Waals surface area (Å²) in [5, 5.41) is 0. The molecule has 1 fully saturated rings. The van der Waals surface area contributed by atoms with Gasteiger partial charge in [0.05, 0.1) is 0 Å². The maximum Gasteiger partial charge on any atom is 0.0443 e. The summed E-state index contributed by atoms with van der Waals surface area (Å²) in [6.07, 6.45) is 3.72. The first-order chi connectivity index (χ1) is 8.43. The molecule has 1 aliphatic carbocycles. The molecule has 1 aliphatic rings. The van der Waals surface area contributed by atoms with Crippen molar-refractivity contribution < 1.29 is 0 Å². The summed E-state index contributed by atoms with van der Waals surface area (Å²) < 4.78 is 0. The van der Waals surface area contributed by atoms with Gasteiger partial charge >= 0.3 is 0 Å². The number of hydrogen-bond donors (Lipinski definition) is 1. The molecule has 0 spiro atoms. The van der Waals surface area contributed by atoms with Gasteiger partial charge in [-0.05, 0) is 43.1 Å². The summed E-state index contributed by atoms with van der Waals surface area (Å²) in [4.78, 5) is 0. The van der Waals surface area contributed by atoms with Crippen LogP contribution < -0.4 is 5.73 Å². The lowest BCUT2D eigenvalue weighted by Crippen LogP contribution is -2.50. The molecule has 0 aromatic heterocycles. The molecule has 1 heteroatoms. The third-order valence-corrected chi connectivity index (χ3v) is 4.71. The van der Waals surface area contributed by atoms with E-state index in [9.17, 15) is 0 Å². The van der Waals surface area contributed by atoms with Crippen molar-refractivity contribution >= 4 is 0 Å². The molecule has 2 rings (SSSR count). The third-order valence-electron chi connectivity index (χ3n) is 4.71. The van der Waals surface area contributed by atoms with Crippen molar-refractivity contribution in [1.82, 2.24) is 0 Å². The molecule has 0 saturated heterocycles. The molecule has 2 N–H and O–H groups in total. The largest absolute Gasteiger partial charge is 0.321 e. The van der Waals surface area contributed by atoms with E-state index in [1.807, 2.05) is 0 Å². The topological polar surface area (TPSA) is 26.0 Å². The summed E-state index contributed by atoms with van der Waals surface area (Å²) in [6, 6.07) is 8.87. The van der Waals surface area contributed by atoms with Gasteiger partial charge in [-0.15, -0.1) is 0 Å². The lowest BCUT2D eigenvalue weighted by molar-refractivity contribution is 0.108. The van der Waals surface area contributed by atoms with Crippen LogP contribution in [0.1, 0.15) is 51.2 Å². The second-order valence-electron chi connectivity index (χ2n) is 6.64. The SMILES string of the molecule is Cc1ccc(C2(N)CC(C)CCC2C(C)C)cc1. The van der Waals surface area contributed by atoms with Gasteiger partial charge in [0.1, 0.15) is 0 Å². The Kier molecular flexibility index (Phi) is 3.82. The fourth-order valence-electron chi connectivity index (χ4n) is 3.68. The Morgan fingerprint density at radius 1 is 1.17 bits per heavy atom. The number of aryl methyl sites for hydroxylation is 1. The fourth-order valence-corrected chi connectivity index (χ4v) is 3.68. The molecule has 3 unspecified atom stereocenters. The molecule has 3 atom stereocenters. The van der Waals surface area contributed by atoms with Gasteiger partial charge in [-0.3, -0.25) is 0 Å². The summed E-state index contributed by atoms with van der Waals surface area (Å²) in [5.74, 6) is 2.01. The molecule has 18 heavy (non-hydrogen) atoms. The zero-order chi connectivity index (χ0) is 13.3. The molecule has 1 aromatic rings. The smallest absolute Gasteiger partial charge is 0.0443 e. The van der Waals surface area contributed by atoms with Gasteiger partial charge in [0, 0.05) is 5.54 Å². The van der Waals surface area contributed by atoms with Gasteiger partial charge < -0.3 is 5.73 Å². The highest BCUT2D eigenvalue weighted by molar-refractivity contribution is 5.29. The van der Waals surface area contributed by atoms with Crippen LogP contribution in [0.4, 0.5) is 0 Å². The zero-order valence-electron chi connectivity index (χ0n) is 12.2. The lowest BCUT2D eigenvalue weighted by atomic mass is 9.63. The Labute approximate surface area is 112 Å². The van der Waals surface area contributed by atoms with Crippen molar-refractivity contribution in [2.45, 2.75) is 52.5 Å². The summed E-state index contributed by atoms with van der Waals surface area (Å²) in [6.45, 7) is 9.11. The molecule has 1 nitrogen and oxygen atoms in total. The van der Waals surface area contributed by atoms with E-state index >= 15 is 0 Å². The molecule has 100 valence electrons. The molecule has 0 bridgehead atoms. The van der Waals surface area contributed by atoms with E-state index in [1.54, 1.807) is 0 Å². The van der Waals surface area contributed by atoms with Crippen molar-refractivity contribution in [2.75, 3.05) is 0 Å². The molecule has 1 aromatic carbocycles. The van der Waals surface area contributed by atoms with Gasteiger partial charge in [-0.25, -0.2) is 0 Å². The molecular formula is C17H27N. The predicted molar refractivity (Wildman–Crippen MR) is 78.4 cm³/mol. The molecule has 0 heterocycles. The van der Waals surface area contributed by atoms with Crippen molar-refractivity contribution in [1.29, 1.82) is 0 Å². The average Bonchev–Trinajstić information content (AvgIpc) is 2.28. The predicted octanol–water partition coefficient (Wildman–Crippen LogP) is 4.24. The van der Waals surface area contributed by atoms with Crippen LogP contribution in [-0.2, 0) is 5.54 Å². The minimum absolute atomic E-state index is 0.125. The second kappa shape index (κ2) is 5.05. The summed E-state index contributed by atoms with van der Waals surface area (Å²) >= 11 is 0. The van der Waals surface area contributed by atoms with Crippen molar-refractivity contribution in [3.05, 3.63) is 35.4 Å². The number of hydrogen-bond acceptors (Lipinski definition) is 1. The Balaban J connectivity index is 2.37. The highest BCUT2D eigenvalue weighted by Gasteiger charge is 2.42. The lowest BCUT2D eigenvalue weighted by Gasteiger charge is -2.46. The number of rotatable bonds is 2. The van der Waals surface area contributed by atoms with Gasteiger partial charge in [-0.2, -0.15) is 0 Å². The fraction of sp³-hybridized carbons (Fsp3) is 0.647. The molecule has 1 saturated carbocycles. The van der Waals surface area contributed by atoms with Gasteiger partial charge in [0.15, 0.2) is 0 Å². The van der Waals surface area contributed by atoms with Crippen LogP contribution in [0.25, 0.3) is 0 Å². The molecule has 0 aliphatic heterocycles. The van der Waals surface area contributed by atoms with Gasteiger partial charge in [-0.1, -0.05) is 57.0 Å². The number of nitrogens with two attached hydrogens (primary N) is 1. The summed E-state index contributed by atoms with van der Waals surface area (Å²) in [7, 11) is 0. The van der Waals surface area contributed by atoms with Crippen molar-refractivity contribution in [3.8, 4) is 0 Å². The van der Waals surface area contributed by atoms with Crippen LogP contribution in [0.2, 0.25) is 0 Å². The van der Waals surface area contributed by atoms with E-state index in [2.05, 4.69) is 52.0 Å². The van der Waals surface area contributed by atoms with E-state index in [1.165, 1.54) is 24.0 Å². The van der Waals surface area contributed by atoms with Crippen LogP contribution in [0, 0.1) is 24.7 Å². The van der Waals surface area contributed by atoms with Crippen LogP contribution in [0.5, 0.6) is 0 Å². The maximum atomic E-state index is 6.87. The first-order valence-corrected chi connectivity index (χ1v) is 7.29. The molecule has 0 radical (unpaired) electrons. The van der Waals surface area contributed by atoms with Gasteiger partial charge in [0.25, 0.3) is 0 Å². The highest BCUT2D eigenvalue weighted by Crippen LogP contribution is 2.45. The zero-order valence-corrected chi connectivity index (χ0v) is 12.2. The minimum atomic E-state index is -0.125. The van der Waals surface area contributed by atoms with Crippen LogP contribution in [0.15, 0.2) is 24.3 Å². The normalized spacial score (nSPS) is 32.8. The monoisotopic (exact) mass is 245 g/mol. The Bertz CT molecular complexity index is 393. The van der Waals surface area contributed by atoms with E-state index in [0.29, 0.717) is 11.8 Å². The van der Waals surface area contributed by atoms with E-state index in [4.69, 9.17) is 5.73 Å². The first kappa shape index (κ1) is 13.6. The first-order valence-electron chi connectivity index (χ1n) is 7.29. The van der Waals surface area contributed by atoms with E-state index in [0.717, 1.165) is 12.3 Å². The van der Waals surface area contributed by atoms with Crippen LogP contribution in [-0.4, -0.2) is 0 Å². The van der Waals surface area contributed by atoms with Crippen LogP contribution >= 0.6 is 0 Å². The Morgan fingerprint density at radius 2 is 1.78 bits per heavy atom. The van der Waals surface area contributed by atoms with Crippen molar-refractivity contribution in [2.24, 2.45) is 23.5 Å². The van der Waals surface area contributed by atoms with Crippen molar-refractivity contribution in [3.63, 3.8) is 0 Å². The Morgan fingerprint density at radius 3 is 2.33 bits per heavy atom. The standard InChI is InChI=1S/C17H27N/c1-12(2)16-10-7-14(4)11-17(16,18)15-8-5-13(3)6-9-15/h5-6,8-9,12,14,16H,7,10-11,18H2,1-4H3. The van der Waals surface area contributed by atoms with E-state index < -0.39 is 0 Å². The quantitative estimate of drug-likeness (QED) is 0.828. The maximum absolute atomic E-state index is 6.87. The van der Waals surface area contributed by atoms with E-state index in [-0.39, 0.29) is 5.54 Å². The highest BCUT2D eigenvalue weighted by atomic mass is 14.8. The molecule has 0 amide bonds. The molecular weight excluding hydrogens is 218 g/mol.